The highest BCUT2D eigenvalue weighted by molar-refractivity contribution is 7.99. The number of imidazole rings is 1. The minimum atomic E-state index is 0.698. The smallest absolute Gasteiger partial charge is 0.178 e. The second-order valence-corrected chi connectivity index (χ2v) is 5.37. The van der Waals surface area contributed by atoms with Gasteiger partial charge < -0.3 is 9.55 Å². The molecule has 0 aliphatic carbocycles. The third kappa shape index (κ3) is 2.68. The number of nitrogens with one attached hydrogen (secondary N) is 1. The molecule has 0 saturated heterocycles. The number of benzene rings is 1. The van der Waals surface area contributed by atoms with Crippen LogP contribution >= 0.6 is 35.6 Å². The molecular formula is C12H11ClN2S2. The van der Waals surface area contributed by atoms with Crippen molar-refractivity contribution in [2.24, 2.45) is 0 Å². The number of rotatable bonds is 4. The molecule has 0 aliphatic heterocycles. The van der Waals surface area contributed by atoms with E-state index in [9.17, 15) is 0 Å². The number of nitrogens with zero attached hydrogens (tertiary/aromatic N) is 1. The Kier molecular flexibility index (Phi) is 4.16. The second-order valence-electron chi connectivity index (χ2n) is 3.47. The van der Waals surface area contributed by atoms with Crippen molar-refractivity contribution in [3.63, 3.8) is 0 Å². The predicted octanol–water partition coefficient (Wildman–Crippen LogP) is 3.72. The number of halogens is 1. The van der Waals surface area contributed by atoms with Gasteiger partial charge in [0, 0.05) is 12.3 Å². The first-order valence-electron chi connectivity index (χ1n) is 5.12. The predicted molar refractivity (Wildman–Crippen MR) is 78.3 cm³/mol. The minimum absolute atomic E-state index is 0.698. The monoisotopic (exact) mass is 282 g/mol. The minimum Gasteiger partial charge on any atom is -0.329 e. The molecule has 0 spiro atoms. The van der Waals surface area contributed by atoms with Crippen molar-refractivity contribution >= 4 is 46.6 Å². The van der Waals surface area contributed by atoms with Crippen LogP contribution in [0, 0.1) is 17.1 Å². The van der Waals surface area contributed by atoms with Gasteiger partial charge in [-0.15, -0.1) is 18.2 Å². The highest BCUT2D eigenvalue weighted by atomic mass is 35.5. The van der Waals surface area contributed by atoms with Gasteiger partial charge in [-0.1, -0.05) is 23.6 Å². The molecular weight excluding hydrogens is 272 g/mol. The molecule has 2 nitrogen and oxygen atoms in total. The van der Waals surface area contributed by atoms with E-state index in [0.717, 1.165) is 29.1 Å². The van der Waals surface area contributed by atoms with Gasteiger partial charge in [0.05, 0.1) is 21.8 Å². The molecule has 0 radical (unpaired) electrons. The van der Waals surface area contributed by atoms with E-state index < -0.39 is 0 Å². The lowest BCUT2D eigenvalue weighted by Gasteiger charge is -2.03. The van der Waals surface area contributed by atoms with Crippen molar-refractivity contribution in [3.8, 4) is 12.3 Å². The van der Waals surface area contributed by atoms with Gasteiger partial charge in [0.15, 0.2) is 4.77 Å². The van der Waals surface area contributed by atoms with E-state index in [1.165, 1.54) is 0 Å². The molecule has 2 aromatic rings. The topological polar surface area (TPSA) is 20.7 Å². The third-order valence-corrected chi connectivity index (χ3v) is 3.88. The highest BCUT2D eigenvalue weighted by Crippen LogP contribution is 2.22. The van der Waals surface area contributed by atoms with Crippen molar-refractivity contribution in [2.75, 3.05) is 11.5 Å². The lowest BCUT2D eigenvalue weighted by molar-refractivity contribution is 0.784. The quantitative estimate of drug-likeness (QED) is 0.524. The first-order chi connectivity index (χ1) is 8.24. The maximum absolute atomic E-state index is 6.10. The van der Waals surface area contributed by atoms with Gasteiger partial charge in [-0.05, 0) is 24.4 Å². The molecule has 1 N–H and O–H groups in total. The number of fused-ring (bicyclic) bond motifs is 1. The van der Waals surface area contributed by atoms with Crippen molar-refractivity contribution in [1.82, 2.24) is 9.55 Å². The standard InChI is InChI=1S/C12H11ClN2S2/c1-2-7-17-8-6-15-10-5-3-4-9(13)11(10)14-12(15)16/h1,3-5H,6-8H2,(H,14,16). The first-order valence-corrected chi connectivity index (χ1v) is 7.06. The fourth-order valence-electron chi connectivity index (χ4n) is 1.65. The maximum Gasteiger partial charge on any atom is 0.178 e. The summed E-state index contributed by atoms with van der Waals surface area (Å²) in [6.45, 7) is 0.839. The van der Waals surface area contributed by atoms with Crippen LogP contribution in [-0.2, 0) is 6.54 Å². The van der Waals surface area contributed by atoms with Gasteiger partial charge in [0.2, 0.25) is 0 Å². The van der Waals surface area contributed by atoms with Crippen LogP contribution in [0.25, 0.3) is 11.0 Å². The Bertz CT molecular complexity index is 621. The van der Waals surface area contributed by atoms with Crippen LogP contribution in [0.5, 0.6) is 0 Å². The molecule has 1 aromatic heterocycles. The number of aromatic nitrogens is 2. The lowest BCUT2D eigenvalue weighted by atomic mass is 10.3. The van der Waals surface area contributed by atoms with E-state index in [-0.39, 0.29) is 0 Å². The fraction of sp³-hybridized carbons (Fsp3) is 0.250. The van der Waals surface area contributed by atoms with Crippen molar-refractivity contribution in [1.29, 1.82) is 0 Å². The molecule has 2 rings (SSSR count). The Morgan fingerprint density at radius 3 is 3.12 bits per heavy atom. The van der Waals surface area contributed by atoms with Crippen LogP contribution in [0.4, 0.5) is 0 Å². The molecule has 88 valence electrons. The summed E-state index contributed by atoms with van der Waals surface area (Å²) in [7, 11) is 0. The van der Waals surface area contributed by atoms with Gasteiger partial charge in [-0.3, -0.25) is 0 Å². The molecule has 0 unspecified atom stereocenters. The normalized spacial score (nSPS) is 10.6. The number of H-pyrrole nitrogens is 1. The maximum atomic E-state index is 6.10. The van der Waals surface area contributed by atoms with E-state index >= 15 is 0 Å². The Balaban J connectivity index is 2.28. The van der Waals surface area contributed by atoms with Gasteiger partial charge in [0.1, 0.15) is 0 Å². The van der Waals surface area contributed by atoms with Crippen LogP contribution in [0.3, 0.4) is 0 Å². The molecule has 0 amide bonds. The van der Waals surface area contributed by atoms with Crippen LogP contribution in [-0.4, -0.2) is 21.1 Å². The fourth-order valence-corrected chi connectivity index (χ4v) is 2.74. The summed E-state index contributed by atoms with van der Waals surface area (Å²) in [5, 5.41) is 0.698. The van der Waals surface area contributed by atoms with Gasteiger partial charge in [0.25, 0.3) is 0 Å². The average Bonchev–Trinajstić information content (AvgIpc) is 2.63. The first kappa shape index (κ1) is 12.6. The van der Waals surface area contributed by atoms with Gasteiger partial charge in [-0.25, -0.2) is 0 Å². The Hall–Kier alpha value is -0.890. The summed E-state index contributed by atoms with van der Waals surface area (Å²) in [6.07, 6.45) is 5.21. The molecule has 0 aliphatic rings. The largest absolute Gasteiger partial charge is 0.329 e. The van der Waals surface area contributed by atoms with Gasteiger partial charge in [-0.2, -0.15) is 0 Å². The number of hydrogen-bond donors (Lipinski definition) is 1. The summed E-state index contributed by atoms with van der Waals surface area (Å²) in [5.41, 5.74) is 1.95. The van der Waals surface area contributed by atoms with Crippen molar-refractivity contribution in [2.45, 2.75) is 6.54 Å². The number of thioether (sulfide) groups is 1. The summed E-state index contributed by atoms with van der Waals surface area (Å²) in [5.74, 6) is 4.28. The zero-order valence-corrected chi connectivity index (χ0v) is 11.5. The van der Waals surface area contributed by atoms with Crippen molar-refractivity contribution < 1.29 is 0 Å². The van der Waals surface area contributed by atoms with Crippen LogP contribution in [0.2, 0.25) is 5.02 Å². The molecule has 1 aromatic carbocycles. The summed E-state index contributed by atoms with van der Waals surface area (Å²) in [6, 6.07) is 5.80. The zero-order valence-electron chi connectivity index (χ0n) is 9.07. The second kappa shape index (κ2) is 5.63. The van der Waals surface area contributed by atoms with E-state index in [0.29, 0.717) is 9.79 Å². The number of aryl methyl sites for hydroxylation is 1. The molecule has 0 bridgehead atoms. The Morgan fingerprint density at radius 1 is 1.53 bits per heavy atom. The number of aromatic amines is 1. The zero-order chi connectivity index (χ0) is 12.3. The Labute approximate surface area is 114 Å². The molecule has 1 heterocycles. The van der Waals surface area contributed by atoms with Crippen LogP contribution in [0.1, 0.15) is 0 Å². The average molecular weight is 283 g/mol. The van der Waals surface area contributed by atoms with Crippen molar-refractivity contribution in [3.05, 3.63) is 28.0 Å². The number of para-hydroxylation sites is 1. The Morgan fingerprint density at radius 2 is 2.35 bits per heavy atom. The van der Waals surface area contributed by atoms with Crippen LogP contribution < -0.4 is 0 Å². The van der Waals surface area contributed by atoms with E-state index in [1.807, 2.05) is 18.2 Å². The number of hydrogen-bond acceptors (Lipinski definition) is 2. The van der Waals surface area contributed by atoms with E-state index in [2.05, 4.69) is 15.5 Å². The lowest BCUT2D eigenvalue weighted by Crippen LogP contribution is -2.00. The summed E-state index contributed by atoms with van der Waals surface area (Å²) in [4.78, 5) is 3.13. The number of terminal acetylenes is 1. The molecule has 17 heavy (non-hydrogen) atoms. The summed E-state index contributed by atoms with van der Waals surface area (Å²) < 4.78 is 2.76. The van der Waals surface area contributed by atoms with Gasteiger partial charge >= 0.3 is 0 Å². The highest BCUT2D eigenvalue weighted by Gasteiger charge is 2.06. The SMILES string of the molecule is C#CCSCCn1c(=S)[nH]c2c(Cl)cccc21. The van der Waals surface area contributed by atoms with Crippen LogP contribution in [0.15, 0.2) is 18.2 Å². The third-order valence-electron chi connectivity index (χ3n) is 2.40. The molecule has 5 heteroatoms. The molecule has 0 saturated carbocycles. The van der Waals surface area contributed by atoms with E-state index in [1.54, 1.807) is 11.8 Å². The summed E-state index contributed by atoms with van der Waals surface area (Å²) >= 11 is 13.1. The molecule has 0 atom stereocenters. The molecule has 0 fully saturated rings. The van der Waals surface area contributed by atoms with E-state index in [4.69, 9.17) is 30.2 Å².